The number of anilines is 3. The Balaban J connectivity index is 1.65. The van der Waals surface area contributed by atoms with Gasteiger partial charge >= 0.3 is 0 Å². The Morgan fingerprint density at radius 3 is 2.76 bits per heavy atom. The van der Waals surface area contributed by atoms with Crippen LogP contribution >= 0.6 is 0 Å². The summed E-state index contributed by atoms with van der Waals surface area (Å²) < 4.78 is 0. The number of hydrogen-bond acceptors (Lipinski definition) is 8. The Labute approximate surface area is 168 Å². The molecule has 1 amide bonds. The van der Waals surface area contributed by atoms with Gasteiger partial charge in [-0.3, -0.25) is 4.79 Å². The zero-order valence-electron chi connectivity index (χ0n) is 15.8. The van der Waals surface area contributed by atoms with Crippen molar-refractivity contribution in [3.05, 3.63) is 54.6 Å². The summed E-state index contributed by atoms with van der Waals surface area (Å²) >= 11 is 0. The number of nitrogens with zero attached hydrogens (tertiary/aromatic N) is 5. The van der Waals surface area contributed by atoms with Gasteiger partial charge in [-0.2, -0.15) is 0 Å². The van der Waals surface area contributed by atoms with Crippen LogP contribution in [0.5, 0.6) is 0 Å². The summed E-state index contributed by atoms with van der Waals surface area (Å²) in [6, 6.07) is 9.39. The summed E-state index contributed by atoms with van der Waals surface area (Å²) in [7, 11) is 0. The van der Waals surface area contributed by atoms with Crippen LogP contribution in [0.25, 0.3) is 11.4 Å². The Hall–Kier alpha value is -3.59. The number of piperidine rings is 1. The second-order valence-electron chi connectivity index (χ2n) is 6.92. The lowest BCUT2D eigenvalue weighted by Crippen LogP contribution is -2.43. The van der Waals surface area contributed by atoms with E-state index >= 15 is 0 Å². The molecule has 1 aliphatic rings. The van der Waals surface area contributed by atoms with Crippen molar-refractivity contribution in [3.63, 3.8) is 0 Å². The Bertz CT molecular complexity index is 1010. The summed E-state index contributed by atoms with van der Waals surface area (Å²) in [6.45, 7) is 1.55. The molecule has 9 heteroatoms. The summed E-state index contributed by atoms with van der Waals surface area (Å²) in [6.07, 6.45) is 6.92. The second kappa shape index (κ2) is 8.19. The molecule has 1 aliphatic heterocycles. The molecule has 0 aliphatic carbocycles. The van der Waals surface area contributed by atoms with Crippen molar-refractivity contribution in [2.24, 2.45) is 11.5 Å². The third kappa shape index (κ3) is 4.30. The first kappa shape index (κ1) is 18.8. The van der Waals surface area contributed by atoms with Gasteiger partial charge in [0.05, 0.1) is 6.20 Å². The van der Waals surface area contributed by atoms with E-state index in [4.69, 9.17) is 11.5 Å². The third-order valence-electron chi connectivity index (χ3n) is 4.72. The smallest absolute Gasteiger partial charge is 0.271 e. The van der Waals surface area contributed by atoms with E-state index in [1.54, 1.807) is 24.7 Å². The van der Waals surface area contributed by atoms with Gasteiger partial charge in [0.15, 0.2) is 17.3 Å². The molecule has 0 radical (unpaired) electrons. The van der Waals surface area contributed by atoms with Crippen LogP contribution in [-0.2, 0) is 0 Å². The molecule has 148 valence electrons. The summed E-state index contributed by atoms with van der Waals surface area (Å²) in [5.74, 6) is 0.924. The van der Waals surface area contributed by atoms with E-state index in [1.807, 2.05) is 24.3 Å². The highest BCUT2D eigenvalue weighted by Crippen LogP contribution is 2.25. The fourth-order valence-electron chi connectivity index (χ4n) is 3.34. The van der Waals surface area contributed by atoms with Gasteiger partial charge in [0.2, 0.25) is 0 Å². The summed E-state index contributed by atoms with van der Waals surface area (Å²) in [4.78, 5) is 31.3. The number of primary amides is 1. The lowest BCUT2D eigenvalue weighted by atomic mass is 10.1. The first-order chi connectivity index (χ1) is 14.1. The van der Waals surface area contributed by atoms with E-state index in [9.17, 15) is 4.79 Å². The fourth-order valence-corrected chi connectivity index (χ4v) is 3.34. The Morgan fingerprint density at radius 2 is 2.00 bits per heavy atom. The van der Waals surface area contributed by atoms with Crippen LogP contribution in [-0.4, -0.2) is 45.0 Å². The van der Waals surface area contributed by atoms with Crippen LogP contribution < -0.4 is 21.7 Å². The molecular weight excluding hydrogens is 368 g/mol. The van der Waals surface area contributed by atoms with Crippen LogP contribution in [0.4, 0.5) is 17.3 Å². The van der Waals surface area contributed by atoms with E-state index in [1.165, 1.54) is 0 Å². The molecule has 0 bridgehead atoms. The van der Waals surface area contributed by atoms with Crippen molar-refractivity contribution in [2.75, 3.05) is 23.3 Å². The number of carbonyl (C=O) groups excluding carboxylic acids is 1. The predicted molar refractivity (Wildman–Crippen MR) is 111 cm³/mol. The average Bonchev–Trinajstić information content (AvgIpc) is 2.74. The van der Waals surface area contributed by atoms with Gasteiger partial charge in [-0.1, -0.05) is 12.1 Å². The van der Waals surface area contributed by atoms with Gasteiger partial charge in [0.1, 0.15) is 5.82 Å². The minimum Gasteiger partial charge on any atom is -0.364 e. The number of nitrogens with one attached hydrogen (secondary N) is 1. The fraction of sp³-hybridized carbons (Fsp3) is 0.250. The van der Waals surface area contributed by atoms with Gasteiger partial charge in [-0.25, -0.2) is 19.9 Å². The first-order valence-electron chi connectivity index (χ1n) is 9.42. The van der Waals surface area contributed by atoms with Crippen LogP contribution in [0.3, 0.4) is 0 Å². The average molecular weight is 390 g/mol. The molecule has 29 heavy (non-hydrogen) atoms. The molecule has 1 saturated heterocycles. The van der Waals surface area contributed by atoms with Crippen LogP contribution in [0.15, 0.2) is 48.9 Å². The highest BCUT2D eigenvalue weighted by molar-refractivity contribution is 5.96. The third-order valence-corrected chi connectivity index (χ3v) is 4.72. The van der Waals surface area contributed by atoms with Crippen molar-refractivity contribution in [2.45, 2.75) is 18.9 Å². The van der Waals surface area contributed by atoms with Gasteiger partial charge in [0.25, 0.3) is 5.91 Å². The maximum Gasteiger partial charge on any atom is 0.271 e. The Morgan fingerprint density at radius 1 is 1.17 bits per heavy atom. The molecule has 1 aromatic carbocycles. The standard InChI is InChI=1S/C20H22N8O/c21-14-5-2-9-28(12-14)16-11-25-17(18(22)29)20(27-16)26-15-6-1-4-13(10-15)19-23-7-3-8-24-19/h1,3-4,6-8,10-11,14H,2,5,9,12,21H2,(H2,22,29)(H,26,27)/t14-/m1/s1. The summed E-state index contributed by atoms with van der Waals surface area (Å²) in [5, 5.41) is 3.17. The molecule has 4 rings (SSSR count). The van der Waals surface area contributed by atoms with Crippen molar-refractivity contribution >= 4 is 23.2 Å². The lowest BCUT2D eigenvalue weighted by Gasteiger charge is -2.31. The van der Waals surface area contributed by atoms with Gasteiger partial charge < -0.3 is 21.7 Å². The maximum atomic E-state index is 11.9. The van der Waals surface area contributed by atoms with Crippen molar-refractivity contribution in [1.82, 2.24) is 19.9 Å². The molecule has 5 N–H and O–H groups in total. The minimum atomic E-state index is -0.649. The number of aromatic nitrogens is 4. The van der Waals surface area contributed by atoms with Crippen LogP contribution in [0.1, 0.15) is 23.3 Å². The van der Waals surface area contributed by atoms with E-state index in [0.29, 0.717) is 24.0 Å². The number of benzene rings is 1. The Kier molecular flexibility index (Phi) is 5.30. The van der Waals surface area contributed by atoms with Gasteiger partial charge in [0, 0.05) is 42.8 Å². The van der Waals surface area contributed by atoms with Gasteiger partial charge in [-0.05, 0) is 31.0 Å². The molecule has 0 saturated carbocycles. The lowest BCUT2D eigenvalue weighted by molar-refractivity contribution is 0.0996. The molecule has 3 aromatic rings. The molecule has 1 fully saturated rings. The largest absolute Gasteiger partial charge is 0.364 e. The molecule has 1 atom stereocenters. The number of carbonyl (C=O) groups is 1. The zero-order valence-corrected chi connectivity index (χ0v) is 15.8. The van der Waals surface area contributed by atoms with Crippen molar-refractivity contribution in [3.8, 4) is 11.4 Å². The van der Waals surface area contributed by atoms with Crippen molar-refractivity contribution in [1.29, 1.82) is 0 Å². The quantitative estimate of drug-likeness (QED) is 0.599. The molecule has 2 aromatic heterocycles. The SMILES string of the molecule is NC(=O)c1ncc(N2CCC[C@@H](N)C2)nc1Nc1cccc(-c2ncccn2)c1. The monoisotopic (exact) mass is 390 g/mol. The topological polar surface area (TPSA) is 136 Å². The van der Waals surface area contributed by atoms with E-state index in [2.05, 4.69) is 30.2 Å². The molecular formula is C20H22N8O. The highest BCUT2D eigenvalue weighted by atomic mass is 16.1. The van der Waals surface area contributed by atoms with E-state index in [0.717, 1.165) is 30.6 Å². The summed E-state index contributed by atoms with van der Waals surface area (Å²) in [5.41, 5.74) is 13.2. The molecule has 3 heterocycles. The van der Waals surface area contributed by atoms with Crippen molar-refractivity contribution < 1.29 is 4.79 Å². The number of rotatable bonds is 5. The van der Waals surface area contributed by atoms with E-state index in [-0.39, 0.29) is 11.7 Å². The maximum absolute atomic E-state index is 11.9. The van der Waals surface area contributed by atoms with E-state index < -0.39 is 5.91 Å². The number of nitrogens with two attached hydrogens (primary N) is 2. The number of hydrogen-bond donors (Lipinski definition) is 3. The molecule has 0 unspecified atom stereocenters. The molecule has 0 spiro atoms. The minimum absolute atomic E-state index is 0.0800. The first-order valence-corrected chi connectivity index (χ1v) is 9.42. The zero-order chi connectivity index (χ0) is 20.2. The van der Waals surface area contributed by atoms with Gasteiger partial charge in [-0.15, -0.1) is 0 Å². The second-order valence-corrected chi connectivity index (χ2v) is 6.92. The van der Waals surface area contributed by atoms with Crippen LogP contribution in [0.2, 0.25) is 0 Å². The van der Waals surface area contributed by atoms with Crippen LogP contribution in [0, 0.1) is 0 Å². The number of amides is 1. The molecule has 9 nitrogen and oxygen atoms in total. The normalized spacial score (nSPS) is 16.4. The highest BCUT2D eigenvalue weighted by Gasteiger charge is 2.21. The predicted octanol–water partition coefficient (Wildman–Crippen LogP) is 1.70.